The molecule has 54 heavy (non-hydrogen) atoms. The summed E-state index contributed by atoms with van der Waals surface area (Å²) in [5.74, 6) is 1.07. The van der Waals surface area contributed by atoms with Crippen LogP contribution in [0.4, 0.5) is 5.69 Å². The number of aliphatic imine (C=N–C) groups is 1. The molecule has 8 nitrogen and oxygen atoms in total. The third-order valence-corrected chi connectivity index (χ3v) is 10.8. The molecule has 1 aliphatic heterocycles. The van der Waals surface area contributed by atoms with E-state index in [1.807, 2.05) is 48.1 Å². The van der Waals surface area contributed by atoms with E-state index in [0.717, 1.165) is 99.2 Å². The molecule has 1 aliphatic rings. The highest BCUT2D eigenvalue weighted by Crippen LogP contribution is 2.35. The number of nitrogens with zero attached hydrogens (tertiary/aromatic N) is 8. The molecule has 6 heterocycles. The van der Waals surface area contributed by atoms with Gasteiger partial charge in [0, 0.05) is 48.3 Å². The lowest BCUT2D eigenvalue weighted by Gasteiger charge is -2.02. The van der Waals surface area contributed by atoms with Gasteiger partial charge in [0.1, 0.15) is 5.82 Å². The van der Waals surface area contributed by atoms with Gasteiger partial charge in [0.25, 0.3) is 0 Å². The number of fused-ring (bicyclic) bond motifs is 8. The number of halogens is 1. The summed E-state index contributed by atoms with van der Waals surface area (Å²) < 4.78 is 6.10. The van der Waals surface area contributed by atoms with Crippen molar-refractivity contribution in [3.05, 3.63) is 148 Å². The first kappa shape index (κ1) is 35.2. The highest BCUT2D eigenvalue weighted by molar-refractivity contribution is 6.33. The van der Waals surface area contributed by atoms with E-state index in [0.29, 0.717) is 0 Å². The second kappa shape index (κ2) is 14.2. The number of aryl methyl sites for hydroxylation is 7. The summed E-state index contributed by atoms with van der Waals surface area (Å²) in [7, 11) is 2.09. The molecular formula is C45H43ClN8. The molecule has 270 valence electrons. The van der Waals surface area contributed by atoms with E-state index in [1.165, 1.54) is 32.8 Å². The van der Waals surface area contributed by atoms with Crippen LogP contribution in [0.15, 0.2) is 108 Å². The van der Waals surface area contributed by atoms with Crippen LogP contribution in [-0.2, 0) is 32.7 Å². The lowest BCUT2D eigenvalue weighted by atomic mass is 10.0. The molecule has 0 radical (unpaired) electrons. The Morgan fingerprint density at radius 3 is 2.09 bits per heavy atom. The Hall–Kier alpha value is -5.86. The average Bonchev–Trinajstić information content (AvgIpc) is 3.98. The maximum atomic E-state index is 6.32. The van der Waals surface area contributed by atoms with E-state index in [1.54, 1.807) is 0 Å². The van der Waals surface area contributed by atoms with E-state index >= 15 is 0 Å². The summed E-state index contributed by atoms with van der Waals surface area (Å²) in [4.78, 5) is 14.3. The first-order valence-corrected chi connectivity index (χ1v) is 18.5. The van der Waals surface area contributed by atoms with Crippen LogP contribution in [0.1, 0.15) is 53.7 Å². The summed E-state index contributed by atoms with van der Waals surface area (Å²) >= 11 is 6.32. The lowest BCUT2D eigenvalue weighted by molar-refractivity contribution is 0.763. The van der Waals surface area contributed by atoms with Gasteiger partial charge in [0.2, 0.25) is 0 Å². The molecule has 0 atom stereocenters. The van der Waals surface area contributed by atoms with Crippen molar-refractivity contribution in [1.82, 2.24) is 33.8 Å². The predicted molar refractivity (Wildman–Crippen MR) is 223 cm³/mol. The van der Waals surface area contributed by atoms with Crippen LogP contribution >= 0.6 is 11.6 Å². The van der Waals surface area contributed by atoms with Crippen molar-refractivity contribution < 1.29 is 0 Å². The summed E-state index contributed by atoms with van der Waals surface area (Å²) in [5, 5.41) is 15.1. The molecule has 9 aromatic rings. The van der Waals surface area contributed by atoms with Gasteiger partial charge in [0.15, 0.2) is 0 Å². The van der Waals surface area contributed by atoms with Gasteiger partial charge in [-0.1, -0.05) is 85.8 Å². The van der Waals surface area contributed by atoms with Crippen LogP contribution in [-0.4, -0.2) is 39.5 Å². The quantitative estimate of drug-likeness (QED) is 0.171. The Kier molecular flexibility index (Phi) is 9.24. The van der Waals surface area contributed by atoms with Crippen molar-refractivity contribution in [3.8, 4) is 0 Å². The number of aromatic nitrogens is 7. The molecule has 9 heteroatoms. The standard InChI is InChI=1S/C22H19ClN4.C22H20N4.CH4/c1-14-7-10-18(23)20-13-16(25-27(14)20)9-12-21-24-22-17-6-4-3-5-15(17)8-11-19(22)26(21)2;1-14-13-23-15(2)21-12-19(25-26(14)21)10-9-18-11-17-8-7-16-5-3-4-6-20(16)22(17)24-18;/h3-8,10-11,13H,9,12H2,1-2H3;3-8,12-13H,9-11H2,1-2H3;1H4. The first-order chi connectivity index (χ1) is 25.8. The van der Waals surface area contributed by atoms with Crippen molar-refractivity contribution in [1.29, 1.82) is 0 Å². The molecule has 0 fully saturated rings. The molecule has 0 aliphatic carbocycles. The molecule has 0 saturated heterocycles. The van der Waals surface area contributed by atoms with Crippen LogP contribution in [0.5, 0.6) is 0 Å². The average molecular weight is 731 g/mol. The summed E-state index contributed by atoms with van der Waals surface area (Å²) in [6.45, 7) is 6.11. The predicted octanol–water partition coefficient (Wildman–Crippen LogP) is 10.5. The zero-order valence-electron chi connectivity index (χ0n) is 30.3. The van der Waals surface area contributed by atoms with E-state index in [2.05, 4.69) is 102 Å². The first-order valence-electron chi connectivity index (χ1n) is 18.2. The van der Waals surface area contributed by atoms with Crippen LogP contribution < -0.4 is 0 Å². The van der Waals surface area contributed by atoms with E-state index < -0.39 is 0 Å². The number of pyridine rings is 1. The normalized spacial score (nSPS) is 12.4. The van der Waals surface area contributed by atoms with Crippen molar-refractivity contribution in [2.24, 2.45) is 12.0 Å². The highest BCUT2D eigenvalue weighted by atomic mass is 35.5. The van der Waals surface area contributed by atoms with Gasteiger partial charge in [0.05, 0.1) is 55.6 Å². The molecule has 0 saturated carbocycles. The highest BCUT2D eigenvalue weighted by Gasteiger charge is 2.18. The van der Waals surface area contributed by atoms with E-state index in [9.17, 15) is 0 Å². The van der Waals surface area contributed by atoms with Crippen molar-refractivity contribution in [3.63, 3.8) is 0 Å². The number of hydrogen-bond acceptors (Lipinski definition) is 5. The largest absolute Gasteiger partial charge is 0.331 e. The Balaban J connectivity index is 0.000000150. The summed E-state index contributed by atoms with van der Waals surface area (Å²) in [6, 6.07) is 33.8. The molecule has 0 N–H and O–H groups in total. The van der Waals surface area contributed by atoms with Gasteiger partial charge in [-0.05, 0) is 86.7 Å². The fourth-order valence-corrected chi connectivity index (χ4v) is 7.78. The van der Waals surface area contributed by atoms with Crippen molar-refractivity contribution in [2.75, 3.05) is 0 Å². The zero-order valence-corrected chi connectivity index (χ0v) is 31.1. The van der Waals surface area contributed by atoms with Gasteiger partial charge in [-0.2, -0.15) is 10.2 Å². The van der Waals surface area contributed by atoms with Gasteiger partial charge < -0.3 is 4.57 Å². The molecule has 0 unspecified atom stereocenters. The molecule has 0 bridgehead atoms. The van der Waals surface area contributed by atoms with E-state index in [-0.39, 0.29) is 7.43 Å². The van der Waals surface area contributed by atoms with E-state index in [4.69, 9.17) is 31.8 Å². The van der Waals surface area contributed by atoms with Crippen LogP contribution in [0.25, 0.3) is 43.6 Å². The smallest absolute Gasteiger partial charge is 0.110 e. The number of rotatable bonds is 6. The molecule has 4 aromatic carbocycles. The maximum absolute atomic E-state index is 6.32. The third-order valence-electron chi connectivity index (χ3n) is 10.5. The minimum atomic E-state index is 0. The maximum Gasteiger partial charge on any atom is 0.110 e. The molecule has 0 spiro atoms. The van der Waals surface area contributed by atoms with Crippen LogP contribution in [0.2, 0.25) is 5.02 Å². The molecule has 10 rings (SSSR count). The molecule has 5 aromatic heterocycles. The van der Waals surface area contributed by atoms with Gasteiger partial charge in [-0.15, -0.1) is 0 Å². The fraction of sp³-hybridized carbons (Fsp3) is 0.222. The summed E-state index contributed by atoms with van der Waals surface area (Å²) in [5.41, 5.74) is 13.3. The molecular weight excluding hydrogens is 688 g/mol. The fourth-order valence-electron chi connectivity index (χ4n) is 7.58. The summed E-state index contributed by atoms with van der Waals surface area (Å²) in [6.07, 6.45) is 6.34. The van der Waals surface area contributed by atoms with Gasteiger partial charge in [-0.3, -0.25) is 9.98 Å². The zero-order chi connectivity index (χ0) is 36.2. The monoisotopic (exact) mass is 730 g/mol. The second-order valence-corrected chi connectivity index (χ2v) is 14.5. The Morgan fingerprint density at radius 1 is 0.667 bits per heavy atom. The second-order valence-electron chi connectivity index (χ2n) is 14.1. The Labute approximate surface area is 319 Å². The van der Waals surface area contributed by atoms with Crippen molar-refractivity contribution in [2.45, 2.75) is 60.3 Å². The van der Waals surface area contributed by atoms with Crippen LogP contribution in [0, 0.1) is 20.8 Å². The number of hydrogen-bond donors (Lipinski definition) is 0. The van der Waals surface area contributed by atoms with Gasteiger partial charge in [-0.25, -0.2) is 14.0 Å². The number of benzene rings is 4. The minimum Gasteiger partial charge on any atom is -0.331 e. The lowest BCUT2D eigenvalue weighted by Crippen LogP contribution is -2.01. The Bertz CT molecular complexity index is 2810. The molecule has 0 amide bonds. The van der Waals surface area contributed by atoms with Crippen LogP contribution in [0.3, 0.4) is 0 Å². The topological polar surface area (TPSA) is 77.7 Å². The number of imidazole rings is 1. The Morgan fingerprint density at radius 2 is 1.33 bits per heavy atom. The SMILES string of the molecule is C.Cc1ccc(Cl)c2cc(CCc3nc4c5ccccc5ccc4n3C)nn12.Cc1ncc(C)n2nc(CCC3=Nc4c(ccc5ccccc45)C3)cc12. The van der Waals surface area contributed by atoms with Crippen molar-refractivity contribution >= 4 is 66.6 Å². The van der Waals surface area contributed by atoms with Gasteiger partial charge >= 0.3 is 0 Å². The minimum absolute atomic E-state index is 0. The third kappa shape index (κ3) is 6.30.